The SMILES string of the molecule is C[C@]12Cc3cnn(-c4ccc(F)cc4)c3C=C1CCC1C2[C@@H](O)C[C@@]2(C)C1CC[C@]2(O)C(=O)CSc1ccccn1. The summed E-state index contributed by atoms with van der Waals surface area (Å²) in [5, 5.41) is 29.3. The second-order valence-electron chi connectivity index (χ2n) is 13.0. The van der Waals surface area contributed by atoms with Crippen LogP contribution in [0, 0.1) is 34.4 Å². The highest BCUT2D eigenvalue weighted by Gasteiger charge is 2.68. The first-order chi connectivity index (χ1) is 19.6. The Hall–Kier alpha value is -2.81. The van der Waals surface area contributed by atoms with Crippen molar-refractivity contribution in [2.75, 3.05) is 5.75 Å². The molecule has 2 heterocycles. The van der Waals surface area contributed by atoms with Crippen LogP contribution in [0.25, 0.3) is 11.8 Å². The Labute approximate surface area is 244 Å². The van der Waals surface area contributed by atoms with Gasteiger partial charge < -0.3 is 10.2 Å². The summed E-state index contributed by atoms with van der Waals surface area (Å²) in [6.07, 6.45) is 9.51. The minimum Gasteiger partial charge on any atom is -0.393 e. The number of carbonyl (C=O) groups excluding carboxylic acids is 1. The second-order valence-corrected chi connectivity index (χ2v) is 14.0. The number of carbonyl (C=O) groups is 1. The fraction of sp³-hybridized carbons (Fsp3) is 0.485. The van der Waals surface area contributed by atoms with Crippen LogP contribution in [0.2, 0.25) is 0 Å². The summed E-state index contributed by atoms with van der Waals surface area (Å²) in [7, 11) is 0. The standard InChI is InChI=1S/C33H36FN3O3S/c1-31-16-20-18-36-37(23-9-7-22(34)8-10-23)26(20)15-21(31)6-11-24-25-12-13-33(40,32(25,2)17-27(38)30(24)31)28(39)19-41-29-5-3-4-14-35-29/h3-5,7-10,14-15,18,24-25,27,30,38,40H,6,11-13,16-17,19H2,1-2H3/t24?,25?,27-,30?,31-,32-,33-/m0/s1. The molecule has 214 valence electrons. The van der Waals surface area contributed by atoms with E-state index in [1.165, 1.54) is 29.5 Å². The van der Waals surface area contributed by atoms with Gasteiger partial charge in [-0.25, -0.2) is 14.1 Å². The van der Waals surface area contributed by atoms with E-state index >= 15 is 0 Å². The Morgan fingerprint density at radius 3 is 2.73 bits per heavy atom. The lowest BCUT2D eigenvalue weighted by Crippen LogP contribution is -2.62. The van der Waals surface area contributed by atoms with Gasteiger partial charge in [0.05, 0.1) is 34.5 Å². The number of thioether (sulfide) groups is 1. The molecule has 0 saturated heterocycles. The van der Waals surface area contributed by atoms with Crippen molar-refractivity contribution in [1.29, 1.82) is 0 Å². The van der Waals surface area contributed by atoms with Gasteiger partial charge in [0.1, 0.15) is 11.4 Å². The number of allylic oxidation sites excluding steroid dienone is 1. The predicted molar refractivity (Wildman–Crippen MR) is 156 cm³/mol. The topological polar surface area (TPSA) is 88.2 Å². The molecule has 7 rings (SSSR count). The van der Waals surface area contributed by atoms with Crippen LogP contribution in [0.15, 0.2) is 65.5 Å². The fourth-order valence-electron chi connectivity index (χ4n) is 9.13. The van der Waals surface area contributed by atoms with Gasteiger partial charge in [-0.3, -0.25) is 4.79 Å². The molecule has 3 unspecified atom stereocenters. The van der Waals surface area contributed by atoms with Crippen molar-refractivity contribution in [1.82, 2.24) is 14.8 Å². The van der Waals surface area contributed by atoms with Crippen molar-refractivity contribution in [3.8, 4) is 5.69 Å². The fourth-order valence-corrected chi connectivity index (χ4v) is 9.95. The molecule has 0 amide bonds. The normalized spacial score (nSPS) is 35.6. The smallest absolute Gasteiger partial charge is 0.175 e. The van der Waals surface area contributed by atoms with Gasteiger partial charge in [0, 0.05) is 11.6 Å². The number of halogens is 1. The average Bonchev–Trinajstić information content (AvgIpc) is 3.48. The first kappa shape index (κ1) is 27.0. The van der Waals surface area contributed by atoms with Gasteiger partial charge in [0.15, 0.2) is 5.78 Å². The monoisotopic (exact) mass is 573 g/mol. The van der Waals surface area contributed by atoms with Crippen molar-refractivity contribution in [3.63, 3.8) is 0 Å². The highest BCUT2D eigenvalue weighted by molar-refractivity contribution is 7.99. The molecule has 4 aliphatic carbocycles. The molecule has 2 aromatic heterocycles. The molecular formula is C33H36FN3O3S. The number of hydrogen-bond donors (Lipinski definition) is 2. The van der Waals surface area contributed by atoms with Crippen molar-refractivity contribution in [3.05, 3.63) is 77.5 Å². The maximum atomic E-state index is 13.6. The number of hydrogen-bond acceptors (Lipinski definition) is 6. The van der Waals surface area contributed by atoms with Crippen molar-refractivity contribution < 1.29 is 19.4 Å². The van der Waals surface area contributed by atoms with E-state index in [-0.39, 0.29) is 40.5 Å². The summed E-state index contributed by atoms with van der Waals surface area (Å²) in [5.74, 6) is 0.192. The number of pyridine rings is 1. The molecular weight excluding hydrogens is 537 g/mol. The first-order valence-corrected chi connectivity index (χ1v) is 15.6. The van der Waals surface area contributed by atoms with Crippen LogP contribution in [-0.2, 0) is 11.2 Å². The quantitative estimate of drug-likeness (QED) is 0.384. The van der Waals surface area contributed by atoms with Crippen molar-refractivity contribution in [2.24, 2.45) is 28.6 Å². The van der Waals surface area contributed by atoms with Gasteiger partial charge in [0.25, 0.3) is 0 Å². The third-order valence-electron chi connectivity index (χ3n) is 11.1. The van der Waals surface area contributed by atoms with Crippen LogP contribution in [0.4, 0.5) is 4.39 Å². The largest absolute Gasteiger partial charge is 0.393 e. The maximum absolute atomic E-state index is 13.6. The second kappa shape index (κ2) is 9.61. The molecule has 6 nitrogen and oxygen atoms in total. The predicted octanol–water partition coefficient (Wildman–Crippen LogP) is 5.65. The third kappa shape index (κ3) is 4.01. The average molecular weight is 574 g/mol. The minimum atomic E-state index is -1.45. The molecule has 0 aliphatic heterocycles. The summed E-state index contributed by atoms with van der Waals surface area (Å²) in [4.78, 5) is 17.9. The van der Waals surface area contributed by atoms with Crippen LogP contribution in [-0.4, -0.2) is 48.2 Å². The zero-order chi connectivity index (χ0) is 28.6. The zero-order valence-electron chi connectivity index (χ0n) is 23.5. The molecule has 4 aliphatic rings. The number of rotatable bonds is 5. The Balaban J connectivity index is 1.16. The molecule has 1 aromatic carbocycles. The molecule has 3 saturated carbocycles. The van der Waals surface area contributed by atoms with E-state index in [2.05, 4.69) is 23.1 Å². The lowest BCUT2D eigenvalue weighted by atomic mass is 9.45. The Kier molecular flexibility index (Phi) is 6.34. The molecule has 0 spiro atoms. The van der Waals surface area contributed by atoms with E-state index in [1.807, 2.05) is 36.0 Å². The van der Waals surface area contributed by atoms with Gasteiger partial charge >= 0.3 is 0 Å². The van der Waals surface area contributed by atoms with Crippen molar-refractivity contribution >= 4 is 23.6 Å². The van der Waals surface area contributed by atoms with Crippen LogP contribution < -0.4 is 0 Å². The van der Waals surface area contributed by atoms with Gasteiger partial charge in [-0.1, -0.05) is 37.2 Å². The number of aromatic nitrogens is 3. The number of aliphatic hydroxyl groups excluding tert-OH is 1. The van der Waals surface area contributed by atoms with E-state index in [4.69, 9.17) is 0 Å². The Morgan fingerprint density at radius 2 is 1.98 bits per heavy atom. The lowest BCUT2D eigenvalue weighted by molar-refractivity contribution is -0.177. The molecule has 3 aromatic rings. The number of benzene rings is 1. The summed E-state index contributed by atoms with van der Waals surface area (Å²) in [6.45, 7) is 4.34. The summed E-state index contributed by atoms with van der Waals surface area (Å²) in [5.41, 5.74) is 1.97. The number of fused-ring (bicyclic) bond motifs is 6. The van der Waals surface area contributed by atoms with E-state index in [1.54, 1.807) is 18.3 Å². The molecule has 3 fully saturated rings. The lowest BCUT2D eigenvalue weighted by Gasteiger charge is -2.60. The summed E-state index contributed by atoms with van der Waals surface area (Å²) in [6, 6.07) is 12.0. The van der Waals surface area contributed by atoms with Crippen LogP contribution in [0.1, 0.15) is 57.2 Å². The molecule has 7 atom stereocenters. The third-order valence-corrected chi connectivity index (χ3v) is 12.0. The summed E-state index contributed by atoms with van der Waals surface area (Å²) >= 11 is 1.37. The highest BCUT2D eigenvalue weighted by Crippen LogP contribution is 2.67. The number of aliphatic hydroxyl groups is 2. The summed E-state index contributed by atoms with van der Waals surface area (Å²) < 4.78 is 15.4. The van der Waals surface area contributed by atoms with E-state index < -0.39 is 17.1 Å². The molecule has 41 heavy (non-hydrogen) atoms. The van der Waals surface area contributed by atoms with Gasteiger partial charge in [0.2, 0.25) is 0 Å². The molecule has 0 bridgehead atoms. The molecule has 0 radical (unpaired) electrons. The number of nitrogens with zero attached hydrogens (tertiary/aromatic N) is 3. The van der Waals surface area contributed by atoms with Gasteiger partial charge in [-0.2, -0.15) is 5.10 Å². The van der Waals surface area contributed by atoms with Gasteiger partial charge in [-0.15, -0.1) is 0 Å². The number of ketones is 1. The van der Waals surface area contributed by atoms with Crippen LogP contribution in [0.5, 0.6) is 0 Å². The Bertz CT molecular complexity index is 1520. The zero-order valence-corrected chi connectivity index (χ0v) is 24.3. The van der Waals surface area contributed by atoms with E-state index in [0.29, 0.717) is 12.8 Å². The Morgan fingerprint density at radius 1 is 1.17 bits per heavy atom. The maximum Gasteiger partial charge on any atom is 0.175 e. The van der Waals surface area contributed by atoms with E-state index in [0.717, 1.165) is 47.7 Å². The van der Waals surface area contributed by atoms with Gasteiger partial charge in [-0.05, 0) is 110 Å². The van der Waals surface area contributed by atoms with Crippen LogP contribution in [0.3, 0.4) is 0 Å². The van der Waals surface area contributed by atoms with Crippen LogP contribution >= 0.6 is 11.8 Å². The van der Waals surface area contributed by atoms with Crippen molar-refractivity contribution in [2.45, 2.75) is 69.1 Å². The minimum absolute atomic E-state index is 0.0447. The molecule has 8 heteroatoms. The first-order valence-electron chi connectivity index (χ1n) is 14.7. The number of Topliss-reactive ketones (excluding diaryl/α,β-unsaturated/α-hetero) is 1. The van der Waals surface area contributed by atoms with E-state index in [9.17, 15) is 19.4 Å². The highest BCUT2D eigenvalue weighted by atomic mass is 32.2. The molecule has 2 N–H and O–H groups in total.